The average Bonchev–Trinajstić information content (AvgIpc) is 1.80. The predicted octanol–water partition coefficient (Wildman–Crippen LogP) is 0.0630. The highest BCUT2D eigenvalue weighted by molar-refractivity contribution is 7.87. The van der Waals surface area contributed by atoms with Crippen molar-refractivity contribution in [3.8, 4) is 0 Å². The molecule has 1 unspecified atom stereocenters. The first-order chi connectivity index (χ1) is 5.57. The van der Waals surface area contributed by atoms with Gasteiger partial charge in [0.1, 0.15) is 0 Å². The molecular weight excluding hydrogens is 198 g/mol. The van der Waals surface area contributed by atoms with E-state index in [-0.39, 0.29) is 4.48 Å². The second kappa shape index (κ2) is 3.51. The lowest BCUT2D eigenvalue weighted by atomic mass is 10.6. The quantitative estimate of drug-likeness (QED) is 0.528. The molecule has 1 N–H and O–H groups in total. The molecule has 0 amide bonds. The van der Waals surface area contributed by atoms with E-state index in [1.54, 1.807) is 21.1 Å². The second-order valence-corrected chi connectivity index (χ2v) is 5.39. The van der Waals surface area contributed by atoms with Crippen LogP contribution in [0.25, 0.3) is 0 Å². The number of hydrogen-bond acceptors (Lipinski definition) is 4. The van der Waals surface area contributed by atoms with Crippen LogP contribution in [0.1, 0.15) is 6.92 Å². The Hall–Kier alpha value is -0.820. The maximum absolute atomic E-state index is 11.2. The van der Waals surface area contributed by atoms with Gasteiger partial charge in [0.2, 0.25) is 5.37 Å². The summed E-state index contributed by atoms with van der Waals surface area (Å²) in [7, 11) is 0.853. The van der Waals surface area contributed by atoms with Crippen molar-refractivity contribution in [3.05, 3.63) is 0 Å². The smallest absolute Gasteiger partial charge is 0.449 e. The van der Waals surface area contributed by atoms with E-state index in [4.69, 9.17) is 5.11 Å². The fourth-order valence-electron chi connectivity index (χ4n) is 0.556. The molecule has 0 bridgehead atoms. The molecule has 0 saturated carbocycles. The maximum Gasteiger partial charge on any atom is 0.521 e. The summed E-state index contributed by atoms with van der Waals surface area (Å²) in [6, 6.07) is 0. The molecule has 7 heteroatoms. The van der Waals surface area contributed by atoms with Crippen LogP contribution in [-0.2, 0) is 14.3 Å². The summed E-state index contributed by atoms with van der Waals surface area (Å²) >= 11 is 0. The molecule has 13 heavy (non-hydrogen) atoms. The minimum atomic E-state index is -4.04. The van der Waals surface area contributed by atoms with Crippen molar-refractivity contribution >= 4 is 16.3 Å². The van der Waals surface area contributed by atoms with Crippen LogP contribution in [0.5, 0.6) is 0 Å². The van der Waals surface area contributed by atoms with Crippen LogP contribution in [0, 0.1) is 0 Å². The monoisotopic (exact) mass is 212 g/mol. The van der Waals surface area contributed by atoms with Crippen LogP contribution < -0.4 is 0 Å². The number of carboxylic acid groups (broad SMARTS) is 1. The largest absolute Gasteiger partial charge is 0.521 e. The lowest BCUT2D eigenvalue weighted by Gasteiger charge is -2.29. The van der Waals surface area contributed by atoms with Crippen molar-refractivity contribution in [3.63, 3.8) is 0 Å². The summed E-state index contributed by atoms with van der Waals surface area (Å²) in [5.41, 5.74) is 0. The first kappa shape index (κ1) is 12.2. The van der Waals surface area contributed by atoms with Gasteiger partial charge in [-0.3, -0.25) is 0 Å². The van der Waals surface area contributed by atoms with Gasteiger partial charge >= 0.3 is 16.3 Å². The van der Waals surface area contributed by atoms with E-state index >= 15 is 0 Å². The summed E-state index contributed by atoms with van der Waals surface area (Å²) < 4.78 is 26.2. The zero-order valence-corrected chi connectivity index (χ0v) is 8.83. The van der Waals surface area contributed by atoms with Crippen LogP contribution >= 0.6 is 0 Å². The van der Waals surface area contributed by atoms with Gasteiger partial charge in [-0.15, -0.1) is 0 Å². The van der Waals surface area contributed by atoms with Gasteiger partial charge in [0, 0.05) is 6.92 Å². The fourth-order valence-corrected chi connectivity index (χ4v) is 1.67. The van der Waals surface area contributed by atoms with E-state index in [1.165, 1.54) is 6.92 Å². The number of rotatable bonds is 3. The number of quaternary nitrogens is 1. The van der Waals surface area contributed by atoms with Crippen molar-refractivity contribution in [1.29, 1.82) is 0 Å². The molecule has 0 radical (unpaired) electrons. The maximum atomic E-state index is 11.2. The minimum absolute atomic E-state index is 0.0790. The van der Waals surface area contributed by atoms with Gasteiger partial charge in [-0.25, -0.2) is 4.79 Å². The number of hydrogen-bond donors (Lipinski definition) is 1. The molecule has 0 aliphatic carbocycles. The van der Waals surface area contributed by atoms with E-state index in [9.17, 15) is 13.2 Å². The normalized spacial score (nSPS) is 15.1. The molecule has 0 aromatic carbocycles. The molecule has 0 fully saturated rings. The summed E-state index contributed by atoms with van der Waals surface area (Å²) in [4.78, 5) is 10.0. The first-order valence-corrected chi connectivity index (χ1v) is 5.02. The summed E-state index contributed by atoms with van der Waals surface area (Å²) in [6.07, 6.45) is -1.81. The molecule has 0 rings (SSSR count). The Balaban J connectivity index is 4.77. The van der Waals surface area contributed by atoms with Crippen molar-refractivity contribution < 1.29 is 27.0 Å². The Morgan fingerprint density at radius 3 is 2.00 bits per heavy atom. The Bertz CT molecular complexity index is 289. The van der Waals surface area contributed by atoms with Gasteiger partial charge in [0.05, 0.1) is 21.1 Å². The summed E-state index contributed by atoms with van der Waals surface area (Å²) in [5, 5.41) is 7.23. The molecule has 1 atom stereocenters. The van der Waals surface area contributed by atoms with Crippen molar-refractivity contribution in [1.82, 2.24) is 0 Å². The van der Waals surface area contributed by atoms with E-state index in [0.717, 1.165) is 0 Å². The second-order valence-electron chi connectivity index (χ2n) is 3.56. The Morgan fingerprint density at radius 2 is 1.77 bits per heavy atom. The van der Waals surface area contributed by atoms with Crippen LogP contribution in [-0.4, -0.2) is 50.7 Å². The lowest BCUT2D eigenvalue weighted by Crippen LogP contribution is -2.48. The van der Waals surface area contributed by atoms with Gasteiger partial charge in [-0.2, -0.15) is 8.42 Å². The summed E-state index contributed by atoms with van der Waals surface area (Å²) in [6.45, 7) is 1.39. The molecule has 0 aliphatic rings. The van der Waals surface area contributed by atoms with Gasteiger partial charge in [-0.1, -0.05) is 0 Å². The SMILES string of the molecule is CC([N+](C)(C)C)S(=O)(=O)OC(=O)O. The van der Waals surface area contributed by atoms with E-state index in [2.05, 4.69) is 4.18 Å². The van der Waals surface area contributed by atoms with E-state index in [1.807, 2.05) is 0 Å². The zero-order chi connectivity index (χ0) is 10.9. The topological polar surface area (TPSA) is 80.7 Å². The average molecular weight is 212 g/mol. The lowest BCUT2D eigenvalue weighted by molar-refractivity contribution is -0.880. The van der Waals surface area contributed by atoms with E-state index in [0.29, 0.717) is 0 Å². The van der Waals surface area contributed by atoms with Gasteiger partial charge in [0.25, 0.3) is 0 Å². The fraction of sp³-hybridized carbons (Fsp3) is 0.833. The Kier molecular flexibility index (Phi) is 3.28. The van der Waals surface area contributed by atoms with Crippen LogP contribution in [0.2, 0.25) is 0 Å². The highest BCUT2D eigenvalue weighted by atomic mass is 32.2. The summed E-state index contributed by atoms with van der Waals surface area (Å²) in [5.74, 6) is 0. The van der Waals surface area contributed by atoms with E-state index < -0.39 is 21.6 Å². The molecule has 6 nitrogen and oxygen atoms in total. The molecule has 0 saturated heterocycles. The van der Waals surface area contributed by atoms with Crippen LogP contribution in [0.4, 0.5) is 4.79 Å². The molecule has 0 aliphatic heterocycles. The third-order valence-electron chi connectivity index (χ3n) is 1.70. The zero-order valence-electron chi connectivity index (χ0n) is 8.01. The minimum Gasteiger partial charge on any atom is -0.449 e. The van der Waals surface area contributed by atoms with Crippen molar-refractivity contribution in [2.45, 2.75) is 12.3 Å². The standard InChI is InChI=1S/C6H13NO5S/c1-5(7(2,3)4)13(10,11)12-6(8)9/h5H,1-4H3/p+1. The van der Waals surface area contributed by atoms with Crippen LogP contribution in [0.15, 0.2) is 0 Å². The Labute approximate surface area is 77.4 Å². The van der Waals surface area contributed by atoms with Gasteiger partial charge in [0.15, 0.2) is 0 Å². The molecule has 0 aromatic rings. The molecule has 0 spiro atoms. The number of carbonyl (C=O) groups is 1. The van der Waals surface area contributed by atoms with Crippen molar-refractivity contribution in [2.75, 3.05) is 21.1 Å². The molecule has 0 aromatic heterocycles. The van der Waals surface area contributed by atoms with Crippen LogP contribution in [0.3, 0.4) is 0 Å². The third kappa shape index (κ3) is 3.60. The Morgan fingerprint density at radius 1 is 1.38 bits per heavy atom. The highest BCUT2D eigenvalue weighted by Crippen LogP contribution is 2.12. The molecule has 78 valence electrons. The molecule has 0 heterocycles. The van der Waals surface area contributed by atoms with Gasteiger partial charge in [-0.05, 0) is 0 Å². The molecular formula is C6H14NO5S+. The third-order valence-corrected chi connectivity index (χ3v) is 3.54. The highest BCUT2D eigenvalue weighted by Gasteiger charge is 2.35. The van der Waals surface area contributed by atoms with Crippen molar-refractivity contribution in [2.24, 2.45) is 0 Å². The first-order valence-electron chi connectivity index (χ1n) is 3.54. The number of nitrogens with zero attached hydrogens (tertiary/aromatic N) is 1. The predicted molar refractivity (Wildman–Crippen MR) is 45.5 cm³/mol. The van der Waals surface area contributed by atoms with Gasteiger partial charge < -0.3 is 13.8 Å².